The largest absolute Gasteiger partial charge is 0.381 e. The molecule has 0 aromatic heterocycles. The summed E-state index contributed by atoms with van der Waals surface area (Å²) in [5.74, 6) is -0.608. The summed E-state index contributed by atoms with van der Waals surface area (Å²) in [6, 6.07) is 0. The Morgan fingerprint density at radius 3 is 2.60 bits per heavy atom. The monoisotopic (exact) mass is 144 g/mol. The van der Waals surface area contributed by atoms with E-state index < -0.39 is 5.83 Å². The van der Waals surface area contributed by atoms with Crippen LogP contribution in [0.5, 0.6) is 0 Å². The highest BCUT2D eigenvalue weighted by atomic mass is 19.1. The minimum absolute atomic E-state index is 0.265. The summed E-state index contributed by atoms with van der Waals surface area (Å²) in [4.78, 5) is 9.93. The molecule has 0 atom stereocenters. The molecule has 1 aliphatic heterocycles. The van der Waals surface area contributed by atoms with Gasteiger partial charge in [0.05, 0.1) is 13.2 Å². The van der Waals surface area contributed by atoms with Gasteiger partial charge in [0.15, 0.2) is 12.1 Å². The molecule has 0 spiro atoms. The third-order valence-corrected chi connectivity index (χ3v) is 1.54. The van der Waals surface area contributed by atoms with Gasteiger partial charge in [0, 0.05) is 0 Å². The second-order valence-electron chi connectivity index (χ2n) is 2.18. The number of carbonyl (C=O) groups is 1. The molecule has 0 aromatic carbocycles. The first kappa shape index (κ1) is 7.41. The van der Waals surface area contributed by atoms with Crippen LogP contribution in [0.4, 0.5) is 4.39 Å². The summed E-state index contributed by atoms with van der Waals surface area (Å²) in [6.07, 6.45) is 1.38. The Morgan fingerprint density at radius 1 is 1.50 bits per heavy atom. The van der Waals surface area contributed by atoms with Crippen LogP contribution in [0.3, 0.4) is 0 Å². The van der Waals surface area contributed by atoms with Crippen LogP contribution in [0.1, 0.15) is 12.8 Å². The van der Waals surface area contributed by atoms with E-state index in [0.29, 0.717) is 31.6 Å². The molecule has 1 aliphatic rings. The summed E-state index contributed by atoms with van der Waals surface area (Å²) < 4.78 is 17.5. The number of halogens is 1. The zero-order valence-electron chi connectivity index (χ0n) is 5.60. The molecule has 0 amide bonds. The Morgan fingerprint density at radius 2 is 2.10 bits per heavy atom. The minimum atomic E-state index is -0.608. The Hall–Kier alpha value is -0.700. The number of carbonyl (C=O) groups excluding carboxylic acids is 1. The van der Waals surface area contributed by atoms with Gasteiger partial charge in [-0.2, -0.15) is 0 Å². The zero-order valence-corrected chi connectivity index (χ0v) is 5.60. The van der Waals surface area contributed by atoms with E-state index in [9.17, 15) is 9.18 Å². The number of ether oxygens (including phenoxy) is 1. The highest BCUT2D eigenvalue weighted by Crippen LogP contribution is 2.17. The molecule has 1 rings (SSSR count). The lowest BCUT2D eigenvalue weighted by molar-refractivity contribution is -0.106. The van der Waals surface area contributed by atoms with E-state index in [1.165, 1.54) is 0 Å². The van der Waals surface area contributed by atoms with E-state index in [0.717, 1.165) is 0 Å². The van der Waals surface area contributed by atoms with Crippen molar-refractivity contribution in [1.82, 2.24) is 0 Å². The van der Waals surface area contributed by atoms with Gasteiger partial charge in [0.2, 0.25) is 0 Å². The minimum Gasteiger partial charge on any atom is -0.381 e. The number of allylic oxidation sites excluding steroid dienone is 1. The lowest BCUT2D eigenvalue weighted by Crippen LogP contribution is -2.08. The zero-order chi connectivity index (χ0) is 7.40. The normalized spacial score (nSPS) is 18.7. The lowest BCUT2D eigenvalue weighted by Gasteiger charge is -2.13. The van der Waals surface area contributed by atoms with Crippen molar-refractivity contribution in [3.8, 4) is 0 Å². The molecule has 0 aromatic rings. The van der Waals surface area contributed by atoms with Gasteiger partial charge in [-0.15, -0.1) is 0 Å². The maximum absolute atomic E-state index is 12.5. The lowest BCUT2D eigenvalue weighted by atomic mass is 10.1. The van der Waals surface area contributed by atoms with Crippen molar-refractivity contribution in [1.29, 1.82) is 0 Å². The van der Waals surface area contributed by atoms with Gasteiger partial charge in [-0.1, -0.05) is 0 Å². The molecule has 0 bridgehead atoms. The molecule has 3 heteroatoms. The van der Waals surface area contributed by atoms with Crippen LogP contribution in [0, 0.1) is 0 Å². The van der Waals surface area contributed by atoms with Gasteiger partial charge in [0.25, 0.3) is 0 Å². The van der Waals surface area contributed by atoms with Crippen LogP contribution in [0.15, 0.2) is 11.4 Å². The highest BCUT2D eigenvalue weighted by Gasteiger charge is 2.09. The first-order valence-electron chi connectivity index (χ1n) is 3.25. The van der Waals surface area contributed by atoms with E-state index >= 15 is 0 Å². The van der Waals surface area contributed by atoms with Crippen LogP contribution in [0.2, 0.25) is 0 Å². The average molecular weight is 144 g/mol. The molecule has 0 aliphatic carbocycles. The molecule has 0 radical (unpaired) electrons. The van der Waals surface area contributed by atoms with Crippen LogP contribution < -0.4 is 0 Å². The molecular formula is C7H9FO2. The third kappa shape index (κ3) is 1.64. The van der Waals surface area contributed by atoms with Crippen molar-refractivity contribution in [2.75, 3.05) is 13.2 Å². The van der Waals surface area contributed by atoms with E-state index in [4.69, 9.17) is 4.74 Å². The smallest absolute Gasteiger partial charge is 0.178 e. The summed E-state index contributed by atoms with van der Waals surface area (Å²) in [6.45, 7) is 1.08. The van der Waals surface area contributed by atoms with E-state index in [1.807, 2.05) is 0 Å². The number of aldehydes is 1. The Labute approximate surface area is 58.7 Å². The SMILES string of the molecule is O=CC(F)=C1CCOCC1. The standard InChI is InChI=1S/C7H9FO2/c8-7(5-9)6-1-3-10-4-2-6/h5H,1-4H2. The van der Waals surface area contributed by atoms with Gasteiger partial charge < -0.3 is 4.74 Å². The second kappa shape index (κ2) is 3.46. The first-order valence-corrected chi connectivity index (χ1v) is 3.25. The van der Waals surface area contributed by atoms with Crippen molar-refractivity contribution in [3.63, 3.8) is 0 Å². The van der Waals surface area contributed by atoms with Crippen molar-refractivity contribution in [3.05, 3.63) is 11.4 Å². The van der Waals surface area contributed by atoms with Crippen LogP contribution in [-0.2, 0) is 9.53 Å². The van der Waals surface area contributed by atoms with E-state index in [2.05, 4.69) is 0 Å². The molecule has 1 heterocycles. The average Bonchev–Trinajstić information content (AvgIpc) is 2.05. The van der Waals surface area contributed by atoms with Gasteiger partial charge in [0.1, 0.15) is 0 Å². The van der Waals surface area contributed by atoms with Crippen LogP contribution >= 0.6 is 0 Å². The molecule has 2 nitrogen and oxygen atoms in total. The van der Waals surface area contributed by atoms with Gasteiger partial charge in [-0.3, -0.25) is 4.79 Å². The molecule has 1 fully saturated rings. The fourth-order valence-electron chi connectivity index (χ4n) is 0.940. The molecule has 0 saturated carbocycles. The number of hydrogen-bond donors (Lipinski definition) is 0. The summed E-state index contributed by atoms with van der Waals surface area (Å²) in [5, 5.41) is 0. The maximum atomic E-state index is 12.5. The molecule has 0 N–H and O–H groups in total. The maximum Gasteiger partial charge on any atom is 0.178 e. The summed E-state index contributed by atoms with van der Waals surface area (Å²) in [7, 11) is 0. The predicted octanol–water partition coefficient (Wildman–Crippen LogP) is 1.22. The summed E-state index contributed by atoms with van der Waals surface area (Å²) >= 11 is 0. The third-order valence-electron chi connectivity index (χ3n) is 1.54. The summed E-state index contributed by atoms with van der Waals surface area (Å²) in [5.41, 5.74) is 0.598. The van der Waals surface area contributed by atoms with Crippen molar-refractivity contribution in [2.24, 2.45) is 0 Å². The van der Waals surface area contributed by atoms with Gasteiger partial charge in [-0.25, -0.2) is 4.39 Å². The number of rotatable bonds is 1. The molecule has 0 unspecified atom stereocenters. The number of hydrogen-bond acceptors (Lipinski definition) is 2. The first-order chi connectivity index (χ1) is 4.84. The van der Waals surface area contributed by atoms with E-state index in [1.54, 1.807) is 0 Å². The Balaban J connectivity index is 2.59. The Bertz CT molecular complexity index is 155. The molecule has 10 heavy (non-hydrogen) atoms. The Kier molecular flexibility index (Phi) is 2.57. The topological polar surface area (TPSA) is 26.3 Å². The van der Waals surface area contributed by atoms with Crippen molar-refractivity contribution >= 4 is 6.29 Å². The highest BCUT2D eigenvalue weighted by molar-refractivity contribution is 5.71. The quantitative estimate of drug-likeness (QED) is 0.408. The van der Waals surface area contributed by atoms with Gasteiger partial charge in [-0.05, 0) is 18.4 Å². The van der Waals surface area contributed by atoms with Crippen LogP contribution in [-0.4, -0.2) is 19.5 Å². The fraction of sp³-hybridized carbons (Fsp3) is 0.571. The second-order valence-corrected chi connectivity index (χ2v) is 2.18. The molecule has 56 valence electrons. The van der Waals surface area contributed by atoms with Crippen molar-refractivity contribution in [2.45, 2.75) is 12.8 Å². The van der Waals surface area contributed by atoms with Gasteiger partial charge >= 0.3 is 0 Å². The van der Waals surface area contributed by atoms with Crippen LogP contribution in [0.25, 0.3) is 0 Å². The molecular weight excluding hydrogens is 135 g/mol. The molecule has 1 saturated heterocycles. The fourth-order valence-corrected chi connectivity index (χ4v) is 0.940. The predicted molar refractivity (Wildman–Crippen MR) is 34.3 cm³/mol. The van der Waals surface area contributed by atoms with Crippen molar-refractivity contribution < 1.29 is 13.9 Å². The van der Waals surface area contributed by atoms with E-state index in [-0.39, 0.29) is 6.29 Å².